The van der Waals surface area contributed by atoms with Crippen molar-refractivity contribution in [3.05, 3.63) is 52.7 Å². The molecule has 1 fully saturated rings. The van der Waals surface area contributed by atoms with Crippen molar-refractivity contribution in [3.8, 4) is 11.3 Å². The zero-order chi connectivity index (χ0) is 19.2. The first-order valence-corrected chi connectivity index (χ1v) is 9.42. The highest BCUT2D eigenvalue weighted by molar-refractivity contribution is 6.30. The smallest absolute Gasteiger partial charge is 0.345 e. The third kappa shape index (κ3) is 2.60. The van der Waals surface area contributed by atoms with Gasteiger partial charge in [-0.1, -0.05) is 43.0 Å². The summed E-state index contributed by atoms with van der Waals surface area (Å²) in [5.74, 6) is -1.46. The van der Waals surface area contributed by atoms with Gasteiger partial charge in [-0.05, 0) is 42.7 Å². The third-order valence-electron chi connectivity index (χ3n) is 5.65. The van der Waals surface area contributed by atoms with E-state index in [1.165, 1.54) is 7.11 Å². The number of aliphatic hydroxyl groups is 1. The number of fused-ring (bicyclic) bond motifs is 2. The average Bonchev–Trinajstić information content (AvgIpc) is 3.14. The lowest BCUT2D eigenvalue weighted by Crippen LogP contribution is -2.49. The monoisotopic (exact) mass is 385 g/mol. The second-order valence-electron chi connectivity index (χ2n) is 7.08. The molecule has 0 radical (unpaired) electrons. The van der Waals surface area contributed by atoms with Crippen LogP contribution in [0.1, 0.15) is 37.8 Å². The van der Waals surface area contributed by atoms with Crippen molar-refractivity contribution in [3.63, 3.8) is 0 Å². The van der Waals surface area contributed by atoms with Crippen LogP contribution in [0, 0.1) is 0 Å². The van der Waals surface area contributed by atoms with Gasteiger partial charge in [-0.15, -0.1) is 0 Å². The molecule has 0 amide bonds. The highest BCUT2D eigenvalue weighted by Gasteiger charge is 2.50. The summed E-state index contributed by atoms with van der Waals surface area (Å²) >= 11 is 6.02. The minimum atomic E-state index is -0.873. The Hall–Kier alpha value is -2.53. The summed E-state index contributed by atoms with van der Waals surface area (Å²) in [6.07, 6.45) is 4.08. The van der Waals surface area contributed by atoms with E-state index in [-0.39, 0.29) is 17.1 Å². The molecule has 2 aliphatic rings. The second-order valence-corrected chi connectivity index (χ2v) is 7.52. The summed E-state index contributed by atoms with van der Waals surface area (Å²) in [4.78, 5) is 25.7. The number of Topliss-reactive ketones (excluding diaryl/α,β-unsaturated/α-hetero) is 1. The van der Waals surface area contributed by atoms with E-state index in [4.69, 9.17) is 16.3 Å². The van der Waals surface area contributed by atoms with Crippen molar-refractivity contribution < 1.29 is 19.4 Å². The van der Waals surface area contributed by atoms with E-state index in [1.807, 2.05) is 22.8 Å². The third-order valence-corrected chi connectivity index (χ3v) is 5.90. The van der Waals surface area contributed by atoms with Gasteiger partial charge in [-0.3, -0.25) is 4.79 Å². The largest absolute Gasteiger partial charge is 0.505 e. The number of hydrogen-bond acceptors (Lipinski definition) is 4. The fourth-order valence-corrected chi connectivity index (χ4v) is 4.50. The van der Waals surface area contributed by atoms with Crippen molar-refractivity contribution in [2.24, 2.45) is 0 Å². The van der Waals surface area contributed by atoms with Crippen molar-refractivity contribution in [1.29, 1.82) is 0 Å². The Kier molecular flexibility index (Phi) is 4.35. The Morgan fingerprint density at radius 3 is 2.33 bits per heavy atom. The zero-order valence-corrected chi connectivity index (χ0v) is 15.8. The first kappa shape index (κ1) is 17.9. The highest BCUT2D eigenvalue weighted by atomic mass is 35.5. The molecule has 1 aromatic carbocycles. The van der Waals surface area contributed by atoms with Gasteiger partial charge in [0.25, 0.3) is 0 Å². The molecule has 1 aliphatic heterocycles. The first-order valence-electron chi connectivity index (χ1n) is 9.04. The van der Waals surface area contributed by atoms with Crippen molar-refractivity contribution >= 4 is 29.1 Å². The SMILES string of the molecule is COC(=O)C1=C(O)c2ccc(-c3ccc(Cl)cc3)n2C2(CCCCC2)C1=O. The molecule has 0 bridgehead atoms. The molecule has 4 rings (SSSR count). The number of methoxy groups -OCH3 is 1. The Balaban J connectivity index is 1.99. The number of ketones is 1. The van der Waals surface area contributed by atoms with Crippen molar-refractivity contribution in [1.82, 2.24) is 4.57 Å². The highest BCUT2D eigenvalue weighted by Crippen LogP contribution is 2.47. The Labute approximate surface area is 162 Å². The maximum absolute atomic E-state index is 13.5. The summed E-state index contributed by atoms with van der Waals surface area (Å²) in [6.45, 7) is 0. The van der Waals surface area contributed by atoms with E-state index in [2.05, 4.69) is 0 Å². The number of halogens is 1. The molecule has 0 saturated heterocycles. The van der Waals surface area contributed by atoms with Gasteiger partial charge in [0.05, 0.1) is 12.8 Å². The molecule has 27 heavy (non-hydrogen) atoms. The predicted octanol–water partition coefficient (Wildman–Crippen LogP) is 4.49. The number of hydrogen-bond donors (Lipinski definition) is 1. The van der Waals surface area contributed by atoms with Crippen LogP contribution in [-0.2, 0) is 19.9 Å². The molecule has 2 aromatic rings. The minimum absolute atomic E-state index is 0.243. The molecule has 1 aromatic heterocycles. The zero-order valence-electron chi connectivity index (χ0n) is 15.0. The van der Waals surface area contributed by atoms with Crippen LogP contribution in [0.15, 0.2) is 42.0 Å². The van der Waals surface area contributed by atoms with E-state index < -0.39 is 11.5 Å². The molecule has 0 unspecified atom stereocenters. The molecule has 0 atom stereocenters. The normalized spacial score (nSPS) is 18.5. The van der Waals surface area contributed by atoms with Crippen LogP contribution >= 0.6 is 11.6 Å². The molecule has 1 saturated carbocycles. The van der Waals surface area contributed by atoms with Gasteiger partial charge in [0.15, 0.2) is 11.5 Å². The number of aliphatic hydroxyl groups excluding tert-OH is 1. The van der Waals surface area contributed by atoms with Crippen LogP contribution in [-0.4, -0.2) is 28.5 Å². The van der Waals surface area contributed by atoms with Gasteiger partial charge < -0.3 is 14.4 Å². The number of aromatic nitrogens is 1. The van der Waals surface area contributed by atoms with E-state index >= 15 is 0 Å². The van der Waals surface area contributed by atoms with Gasteiger partial charge in [-0.25, -0.2) is 4.79 Å². The summed E-state index contributed by atoms with van der Waals surface area (Å²) < 4.78 is 6.70. The van der Waals surface area contributed by atoms with Crippen LogP contribution < -0.4 is 0 Å². The van der Waals surface area contributed by atoms with Gasteiger partial charge in [0, 0.05) is 10.7 Å². The molecule has 1 spiro atoms. The van der Waals surface area contributed by atoms with Crippen LogP contribution in [0.2, 0.25) is 5.02 Å². The van der Waals surface area contributed by atoms with E-state index in [1.54, 1.807) is 18.2 Å². The molecule has 1 N–H and O–H groups in total. The van der Waals surface area contributed by atoms with E-state index in [0.29, 0.717) is 23.6 Å². The first-order chi connectivity index (χ1) is 13.0. The van der Waals surface area contributed by atoms with Gasteiger partial charge in [0.1, 0.15) is 11.1 Å². The molecule has 5 nitrogen and oxygen atoms in total. The average molecular weight is 386 g/mol. The number of rotatable bonds is 2. The van der Waals surface area contributed by atoms with Gasteiger partial charge in [0.2, 0.25) is 0 Å². The van der Waals surface area contributed by atoms with Crippen LogP contribution in [0.25, 0.3) is 17.0 Å². The lowest BCUT2D eigenvalue weighted by molar-refractivity contribution is -0.140. The number of ether oxygens (including phenoxy) is 1. The Morgan fingerprint density at radius 1 is 1.07 bits per heavy atom. The molecular formula is C21H20ClNO4. The molecule has 6 heteroatoms. The summed E-state index contributed by atoms with van der Waals surface area (Å²) in [7, 11) is 1.22. The fourth-order valence-electron chi connectivity index (χ4n) is 4.38. The second kappa shape index (κ2) is 6.57. The lowest BCUT2D eigenvalue weighted by Gasteiger charge is -2.42. The fraction of sp³-hybridized carbons (Fsp3) is 0.333. The Bertz CT molecular complexity index is 949. The maximum atomic E-state index is 13.5. The molecule has 2 heterocycles. The van der Waals surface area contributed by atoms with Gasteiger partial charge in [-0.2, -0.15) is 0 Å². The van der Waals surface area contributed by atoms with E-state index in [9.17, 15) is 14.7 Å². The molecule has 140 valence electrons. The topological polar surface area (TPSA) is 68.5 Å². The quantitative estimate of drug-likeness (QED) is 0.610. The maximum Gasteiger partial charge on any atom is 0.345 e. The number of benzene rings is 1. The predicted molar refractivity (Wildman–Crippen MR) is 103 cm³/mol. The van der Waals surface area contributed by atoms with E-state index in [0.717, 1.165) is 30.5 Å². The lowest BCUT2D eigenvalue weighted by atomic mass is 9.73. The molecular weight excluding hydrogens is 366 g/mol. The number of carbonyl (C=O) groups is 2. The summed E-state index contributed by atoms with van der Waals surface area (Å²) in [5.41, 5.74) is 1.08. The number of carbonyl (C=O) groups excluding carboxylic acids is 2. The van der Waals surface area contributed by atoms with Gasteiger partial charge >= 0.3 is 5.97 Å². The minimum Gasteiger partial charge on any atom is -0.505 e. The summed E-state index contributed by atoms with van der Waals surface area (Å²) in [6, 6.07) is 11.0. The standard InChI is InChI=1S/C21H20ClNO4/c1-27-20(26)17-18(24)16-10-9-15(13-5-7-14(22)8-6-13)23(16)21(19(17)25)11-3-2-4-12-21/h5-10,24H,2-4,11-12H2,1H3. The van der Waals surface area contributed by atoms with Crippen LogP contribution in [0.5, 0.6) is 0 Å². The number of esters is 1. The van der Waals surface area contributed by atoms with Crippen LogP contribution in [0.3, 0.4) is 0 Å². The van der Waals surface area contributed by atoms with Crippen molar-refractivity contribution in [2.45, 2.75) is 37.6 Å². The van der Waals surface area contributed by atoms with Crippen molar-refractivity contribution in [2.75, 3.05) is 7.11 Å². The summed E-state index contributed by atoms with van der Waals surface area (Å²) in [5, 5.41) is 11.4. The Morgan fingerprint density at radius 2 is 1.70 bits per heavy atom. The number of nitrogens with zero attached hydrogens (tertiary/aromatic N) is 1. The molecule has 1 aliphatic carbocycles. The van der Waals surface area contributed by atoms with Crippen LogP contribution in [0.4, 0.5) is 0 Å².